The van der Waals surface area contributed by atoms with Crippen molar-refractivity contribution in [1.29, 1.82) is 0 Å². The Morgan fingerprint density at radius 3 is 2.50 bits per heavy atom. The van der Waals surface area contributed by atoms with E-state index < -0.39 is 21.5 Å². The topological polar surface area (TPSA) is 69.7 Å². The molecule has 0 aromatic heterocycles. The fourth-order valence-corrected chi connectivity index (χ4v) is 2.41. The minimum absolute atomic E-state index is 0.0836. The molecule has 0 amide bonds. The summed E-state index contributed by atoms with van der Waals surface area (Å²) < 4.78 is 31.1. The number of hydrogen-bond acceptors (Lipinski definition) is 5. The summed E-state index contributed by atoms with van der Waals surface area (Å²) in [6.45, 7) is 2.90. The summed E-state index contributed by atoms with van der Waals surface area (Å²) in [5.74, 6) is -0.903. The molecule has 1 fully saturated rings. The molecule has 1 rings (SSSR count). The SMILES string of the molecule is CC(=O)OC1C(C)COS1(=O)=O. The fraction of sp³-hybridized carbons (Fsp3) is 0.833. The molecule has 0 radical (unpaired) electrons. The zero-order chi connectivity index (χ0) is 9.35. The third-order valence-corrected chi connectivity index (χ3v) is 3.12. The van der Waals surface area contributed by atoms with Gasteiger partial charge in [0.1, 0.15) is 0 Å². The maximum Gasteiger partial charge on any atom is 0.306 e. The lowest BCUT2D eigenvalue weighted by atomic mass is 10.2. The first kappa shape index (κ1) is 9.47. The van der Waals surface area contributed by atoms with Crippen molar-refractivity contribution in [2.45, 2.75) is 19.3 Å². The van der Waals surface area contributed by atoms with Crippen LogP contribution in [0.1, 0.15) is 13.8 Å². The van der Waals surface area contributed by atoms with Crippen molar-refractivity contribution in [2.24, 2.45) is 5.92 Å². The Hall–Kier alpha value is -0.620. The van der Waals surface area contributed by atoms with Crippen molar-refractivity contribution in [3.8, 4) is 0 Å². The molecule has 70 valence electrons. The van der Waals surface area contributed by atoms with Crippen LogP contribution < -0.4 is 0 Å². The van der Waals surface area contributed by atoms with E-state index in [1.807, 2.05) is 0 Å². The van der Waals surface area contributed by atoms with Gasteiger partial charge in [-0.1, -0.05) is 6.92 Å². The van der Waals surface area contributed by atoms with Gasteiger partial charge in [0.15, 0.2) is 0 Å². The highest BCUT2D eigenvalue weighted by Gasteiger charge is 2.41. The standard InChI is InChI=1S/C6H10O5S/c1-4-3-10-12(8,9)6(4)11-5(2)7/h4,6H,3H2,1-2H3. The van der Waals surface area contributed by atoms with Crippen LogP contribution >= 0.6 is 0 Å². The van der Waals surface area contributed by atoms with Crippen molar-refractivity contribution in [3.05, 3.63) is 0 Å². The first-order valence-corrected chi connectivity index (χ1v) is 4.96. The molecule has 0 aromatic carbocycles. The molecule has 0 spiro atoms. The summed E-state index contributed by atoms with van der Waals surface area (Å²) in [5, 5.41) is 0. The molecule has 0 N–H and O–H groups in total. The number of carbonyl (C=O) groups excluding carboxylic acids is 1. The highest BCUT2D eigenvalue weighted by atomic mass is 32.2. The average molecular weight is 194 g/mol. The molecule has 6 heteroatoms. The van der Waals surface area contributed by atoms with E-state index in [4.69, 9.17) is 0 Å². The van der Waals surface area contributed by atoms with Crippen LogP contribution in [0.3, 0.4) is 0 Å². The minimum atomic E-state index is -3.67. The summed E-state index contributed by atoms with van der Waals surface area (Å²) in [6, 6.07) is 0. The molecular formula is C6H10O5S. The first-order valence-electron chi connectivity index (χ1n) is 3.49. The molecule has 1 aliphatic heterocycles. The average Bonchev–Trinajstić information content (AvgIpc) is 2.15. The molecule has 2 unspecified atom stereocenters. The van der Waals surface area contributed by atoms with E-state index >= 15 is 0 Å². The minimum Gasteiger partial charge on any atom is -0.443 e. The molecule has 0 bridgehead atoms. The summed E-state index contributed by atoms with van der Waals surface area (Å²) in [4.78, 5) is 10.5. The van der Waals surface area contributed by atoms with Crippen molar-refractivity contribution in [3.63, 3.8) is 0 Å². The quantitative estimate of drug-likeness (QED) is 0.429. The van der Waals surface area contributed by atoms with Crippen LogP contribution in [0, 0.1) is 5.92 Å². The Kier molecular flexibility index (Phi) is 2.39. The van der Waals surface area contributed by atoms with E-state index in [2.05, 4.69) is 8.92 Å². The van der Waals surface area contributed by atoms with E-state index in [9.17, 15) is 13.2 Å². The Morgan fingerprint density at radius 1 is 1.58 bits per heavy atom. The Morgan fingerprint density at radius 2 is 2.17 bits per heavy atom. The lowest BCUT2D eigenvalue weighted by molar-refractivity contribution is -0.143. The number of carbonyl (C=O) groups is 1. The smallest absolute Gasteiger partial charge is 0.306 e. The van der Waals surface area contributed by atoms with E-state index in [1.54, 1.807) is 6.92 Å². The molecule has 0 aromatic rings. The van der Waals surface area contributed by atoms with Gasteiger partial charge < -0.3 is 4.74 Å². The first-order chi connectivity index (χ1) is 5.43. The predicted molar refractivity (Wildman–Crippen MR) is 39.6 cm³/mol. The largest absolute Gasteiger partial charge is 0.443 e. The predicted octanol–water partition coefficient (Wildman–Crippen LogP) is -0.128. The van der Waals surface area contributed by atoms with Gasteiger partial charge >= 0.3 is 16.1 Å². The van der Waals surface area contributed by atoms with Crippen molar-refractivity contribution < 1.29 is 22.1 Å². The normalized spacial score (nSPS) is 33.2. The number of esters is 1. The number of hydrogen-bond donors (Lipinski definition) is 0. The number of rotatable bonds is 1. The molecular weight excluding hydrogens is 184 g/mol. The molecule has 1 heterocycles. The Bertz CT molecular complexity index is 280. The van der Waals surface area contributed by atoms with E-state index in [-0.39, 0.29) is 12.5 Å². The molecule has 0 saturated carbocycles. The monoisotopic (exact) mass is 194 g/mol. The summed E-state index contributed by atoms with van der Waals surface area (Å²) in [6.07, 6.45) is 0. The van der Waals surface area contributed by atoms with Gasteiger partial charge in [0, 0.05) is 12.8 Å². The lowest BCUT2D eigenvalue weighted by Crippen LogP contribution is -2.26. The van der Waals surface area contributed by atoms with Crippen LogP contribution in [0.15, 0.2) is 0 Å². The molecule has 1 aliphatic rings. The fourth-order valence-electron chi connectivity index (χ4n) is 0.971. The van der Waals surface area contributed by atoms with E-state index in [1.165, 1.54) is 6.92 Å². The van der Waals surface area contributed by atoms with Crippen LogP contribution in [0.4, 0.5) is 0 Å². The van der Waals surface area contributed by atoms with Gasteiger partial charge in [0.05, 0.1) is 6.61 Å². The summed E-state index contributed by atoms with van der Waals surface area (Å²) in [5.41, 5.74) is -1.13. The van der Waals surface area contributed by atoms with Crippen molar-refractivity contribution in [1.82, 2.24) is 0 Å². The van der Waals surface area contributed by atoms with Crippen molar-refractivity contribution in [2.75, 3.05) is 6.61 Å². The number of ether oxygens (including phenoxy) is 1. The molecule has 5 nitrogen and oxygen atoms in total. The van der Waals surface area contributed by atoms with Crippen LogP contribution in [-0.4, -0.2) is 26.4 Å². The van der Waals surface area contributed by atoms with Crippen LogP contribution in [0.25, 0.3) is 0 Å². The molecule has 0 aliphatic carbocycles. The molecule has 2 atom stereocenters. The highest BCUT2D eigenvalue weighted by molar-refractivity contribution is 7.87. The maximum absolute atomic E-state index is 11.0. The second-order valence-electron chi connectivity index (χ2n) is 2.73. The third kappa shape index (κ3) is 1.75. The zero-order valence-electron chi connectivity index (χ0n) is 6.81. The third-order valence-electron chi connectivity index (χ3n) is 1.53. The highest BCUT2D eigenvalue weighted by Crippen LogP contribution is 2.24. The van der Waals surface area contributed by atoms with Crippen molar-refractivity contribution >= 4 is 16.1 Å². The second kappa shape index (κ2) is 3.02. The van der Waals surface area contributed by atoms with Crippen LogP contribution in [0.5, 0.6) is 0 Å². The van der Waals surface area contributed by atoms with Gasteiger partial charge in [0.25, 0.3) is 0 Å². The van der Waals surface area contributed by atoms with Gasteiger partial charge in [-0.2, -0.15) is 8.42 Å². The second-order valence-corrected chi connectivity index (χ2v) is 4.42. The summed E-state index contributed by atoms with van der Waals surface area (Å²) in [7, 11) is -3.67. The zero-order valence-corrected chi connectivity index (χ0v) is 7.63. The van der Waals surface area contributed by atoms with E-state index in [0.717, 1.165) is 0 Å². The van der Waals surface area contributed by atoms with Gasteiger partial charge in [0.2, 0.25) is 5.44 Å². The lowest BCUT2D eigenvalue weighted by Gasteiger charge is -2.10. The van der Waals surface area contributed by atoms with Crippen LogP contribution in [0.2, 0.25) is 0 Å². The van der Waals surface area contributed by atoms with Gasteiger partial charge in [-0.3, -0.25) is 8.98 Å². The Balaban J connectivity index is 2.79. The molecule has 12 heavy (non-hydrogen) atoms. The van der Waals surface area contributed by atoms with Gasteiger partial charge in [-0.15, -0.1) is 0 Å². The van der Waals surface area contributed by atoms with Gasteiger partial charge in [-0.25, -0.2) is 0 Å². The Labute approximate surface area is 70.8 Å². The van der Waals surface area contributed by atoms with Gasteiger partial charge in [-0.05, 0) is 0 Å². The summed E-state index contributed by atoms with van der Waals surface area (Å²) >= 11 is 0. The van der Waals surface area contributed by atoms with E-state index in [0.29, 0.717) is 0 Å². The van der Waals surface area contributed by atoms with Crippen LogP contribution in [-0.2, 0) is 23.8 Å². The molecule has 1 saturated heterocycles. The maximum atomic E-state index is 11.0.